The Labute approximate surface area is 163 Å². The fourth-order valence-electron chi connectivity index (χ4n) is 5.07. The van der Waals surface area contributed by atoms with Crippen LogP contribution < -0.4 is 21.3 Å². The molecule has 27 heavy (non-hydrogen) atoms. The van der Waals surface area contributed by atoms with E-state index in [0.717, 1.165) is 44.7 Å². The molecule has 0 bridgehead atoms. The Morgan fingerprint density at radius 2 is 1.81 bits per heavy atom. The number of carbonyl (C=O) groups excluding carboxylic acids is 1. The Kier molecular flexibility index (Phi) is 8.33. The van der Waals surface area contributed by atoms with Crippen LogP contribution in [0.25, 0.3) is 0 Å². The van der Waals surface area contributed by atoms with Gasteiger partial charge in [0.1, 0.15) is 6.29 Å². The minimum atomic E-state index is 0.00430. The highest BCUT2D eigenvalue weighted by molar-refractivity contribution is 5.78. The largest absolute Gasteiger partial charge is 0.395 e. The predicted molar refractivity (Wildman–Crippen MR) is 105 cm³/mol. The molecular formula is C20H38N4O3. The van der Waals surface area contributed by atoms with E-state index in [1.54, 1.807) is 0 Å². The number of carbonyl (C=O) groups is 1. The number of methoxy groups -OCH3 is 1. The van der Waals surface area contributed by atoms with Crippen LogP contribution in [0.15, 0.2) is 0 Å². The third-order valence-electron chi connectivity index (χ3n) is 6.75. The van der Waals surface area contributed by atoms with Crippen molar-refractivity contribution in [2.75, 3.05) is 33.4 Å². The van der Waals surface area contributed by atoms with E-state index in [1.165, 1.54) is 25.7 Å². The third-order valence-corrected chi connectivity index (χ3v) is 6.75. The fourth-order valence-corrected chi connectivity index (χ4v) is 5.07. The zero-order valence-electron chi connectivity index (χ0n) is 16.7. The van der Waals surface area contributed by atoms with Crippen molar-refractivity contribution in [2.45, 2.75) is 69.8 Å². The van der Waals surface area contributed by atoms with Gasteiger partial charge < -0.3 is 15.2 Å². The second-order valence-electron chi connectivity index (χ2n) is 8.52. The Balaban J connectivity index is 1.37. The van der Waals surface area contributed by atoms with Gasteiger partial charge >= 0.3 is 0 Å². The molecule has 2 saturated carbocycles. The van der Waals surface area contributed by atoms with Crippen molar-refractivity contribution in [3.05, 3.63) is 0 Å². The molecule has 0 aromatic carbocycles. The minimum Gasteiger partial charge on any atom is -0.395 e. The van der Waals surface area contributed by atoms with E-state index in [4.69, 9.17) is 9.84 Å². The van der Waals surface area contributed by atoms with Gasteiger partial charge in [-0.25, -0.2) is 0 Å². The molecule has 0 radical (unpaired) electrons. The molecule has 1 amide bonds. The molecular weight excluding hydrogens is 344 g/mol. The number of hydrogen-bond acceptors (Lipinski definition) is 6. The predicted octanol–water partition coefficient (Wildman–Crippen LogP) is 0.541. The summed E-state index contributed by atoms with van der Waals surface area (Å²) in [6, 6.07) is 0.363. The topological polar surface area (TPSA) is 94.7 Å². The van der Waals surface area contributed by atoms with Gasteiger partial charge in [-0.05, 0) is 56.8 Å². The second kappa shape index (κ2) is 10.7. The first kappa shape index (κ1) is 21.0. The zero-order chi connectivity index (χ0) is 19.1. The molecule has 3 fully saturated rings. The van der Waals surface area contributed by atoms with Crippen LogP contribution in [0.4, 0.5) is 0 Å². The van der Waals surface area contributed by atoms with Gasteiger partial charge in [0.2, 0.25) is 5.91 Å². The summed E-state index contributed by atoms with van der Waals surface area (Å²) in [6.45, 7) is 2.47. The maximum absolute atomic E-state index is 12.2. The molecule has 5 N–H and O–H groups in total. The molecule has 2 aliphatic carbocycles. The smallest absolute Gasteiger partial charge is 0.223 e. The van der Waals surface area contributed by atoms with Gasteiger partial charge in [-0.1, -0.05) is 6.42 Å². The SMILES string of the molecule is COC1CCC(C2CNC(NC3CCCC(C(=O)NCCO)C3)NC2)CC1. The zero-order valence-corrected chi connectivity index (χ0v) is 16.7. The van der Waals surface area contributed by atoms with E-state index >= 15 is 0 Å². The lowest BCUT2D eigenvalue weighted by Crippen LogP contribution is -2.63. The number of aliphatic hydroxyl groups is 1. The number of hydrogen-bond donors (Lipinski definition) is 5. The lowest BCUT2D eigenvalue weighted by molar-refractivity contribution is -0.126. The number of nitrogens with one attached hydrogen (secondary N) is 4. The summed E-state index contributed by atoms with van der Waals surface area (Å²) in [5.41, 5.74) is 0. The molecule has 1 saturated heterocycles. The highest BCUT2D eigenvalue weighted by Crippen LogP contribution is 2.32. The van der Waals surface area contributed by atoms with Crippen molar-refractivity contribution in [1.82, 2.24) is 21.3 Å². The number of rotatable bonds is 7. The summed E-state index contributed by atoms with van der Waals surface area (Å²) in [5.74, 6) is 1.65. The summed E-state index contributed by atoms with van der Waals surface area (Å²) in [7, 11) is 1.83. The van der Waals surface area contributed by atoms with E-state index < -0.39 is 0 Å². The molecule has 3 aliphatic rings. The molecule has 1 heterocycles. The second-order valence-corrected chi connectivity index (χ2v) is 8.52. The van der Waals surface area contributed by atoms with Gasteiger partial charge in [-0.15, -0.1) is 0 Å². The van der Waals surface area contributed by atoms with Crippen LogP contribution >= 0.6 is 0 Å². The van der Waals surface area contributed by atoms with Gasteiger partial charge in [0.05, 0.1) is 12.7 Å². The molecule has 0 spiro atoms. The Bertz CT molecular complexity index is 449. The van der Waals surface area contributed by atoms with Crippen LogP contribution in [0.3, 0.4) is 0 Å². The first-order valence-corrected chi connectivity index (χ1v) is 10.8. The van der Waals surface area contributed by atoms with E-state index in [1.807, 2.05) is 7.11 Å². The van der Waals surface area contributed by atoms with Crippen LogP contribution in [-0.4, -0.2) is 62.8 Å². The van der Waals surface area contributed by atoms with E-state index in [0.29, 0.717) is 24.6 Å². The minimum absolute atomic E-state index is 0.00430. The van der Waals surface area contributed by atoms with Gasteiger partial charge in [-0.2, -0.15) is 0 Å². The first-order valence-electron chi connectivity index (χ1n) is 10.8. The number of aliphatic hydroxyl groups excluding tert-OH is 1. The van der Waals surface area contributed by atoms with E-state index in [2.05, 4.69) is 21.3 Å². The van der Waals surface area contributed by atoms with Gasteiger partial charge in [-0.3, -0.25) is 20.7 Å². The normalized spacial score (nSPS) is 37.7. The van der Waals surface area contributed by atoms with Crippen molar-refractivity contribution in [3.63, 3.8) is 0 Å². The number of ether oxygens (including phenoxy) is 1. The van der Waals surface area contributed by atoms with E-state index in [-0.39, 0.29) is 24.7 Å². The maximum atomic E-state index is 12.2. The average Bonchev–Trinajstić information content (AvgIpc) is 2.73. The van der Waals surface area contributed by atoms with Crippen LogP contribution in [-0.2, 0) is 9.53 Å². The van der Waals surface area contributed by atoms with Crippen molar-refractivity contribution in [2.24, 2.45) is 17.8 Å². The Morgan fingerprint density at radius 3 is 2.48 bits per heavy atom. The lowest BCUT2D eigenvalue weighted by atomic mass is 9.78. The fraction of sp³-hybridized carbons (Fsp3) is 0.950. The summed E-state index contributed by atoms with van der Waals surface area (Å²) in [6.07, 6.45) is 9.57. The summed E-state index contributed by atoms with van der Waals surface area (Å²) >= 11 is 0. The van der Waals surface area contributed by atoms with Crippen molar-refractivity contribution in [3.8, 4) is 0 Å². The Morgan fingerprint density at radius 1 is 1.07 bits per heavy atom. The van der Waals surface area contributed by atoms with Crippen molar-refractivity contribution in [1.29, 1.82) is 0 Å². The third kappa shape index (κ3) is 6.12. The summed E-state index contributed by atoms with van der Waals surface area (Å²) in [4.78, 5) is 12.2. The van der Waals surface area contributed by atoms with Crippen LogP contribution in [0.5, 0.6) is 0 Å². The van der Waals surface area contributed by atoms with Crippen molar-refractivity contribution < 1.29 is 14.6 Å². The highest BCUT2D eigenvalue weighted by atomic mass is 16.5. The quantitative estimate of drug-likeness (QED) is 0.441. The standard InChI is InChI=1S/C20H38N4O3/c1-27-18-7-5-14(6-8-18)16-12-22-20(23-13-16)24-17-4-2-3-15(11-17)19(26)21-9-10-25/h14-18,20,22-25H,2-13H2,1H3,(H,21,26). The van der Waals surface area contributed by atoms with Crippen LogP contribution in [0, 0.1) is 17.8 Å². The first-order chi connectivity index (χ1) is 13.2. The summed E-state index contributed by atoms with van der Waals surface area (Å²) < 4.78 is 5.49. The van der Waals surface area contributed by atoms with Gasteiger partial charge in [0.25, 0.3) is 0 Å². The molecule has 0 aromatic heterocycles. The molecule has 7 nitrogen and oxygen atoms in total. The molecule has 3 rings (SSSR count). The van der Waals surface area contributed by atoms with Gasteiger partial charge in [0.15, 0.2) is 0 Å². The molecule has 156 valence electrons. The molecule has 1 aliphatic heterocycles. The van der Waals surface area contributed by atoms with Crippen molar-refractivity contribution >= 4 is 5.91 Å². The molecule has 7 heteroatoms. The molecule has 0 aromatic rings. The average molecular weight is 383 g/mol. The monoisotopic (exact) mass is 382 g/mol. The van der Waals surface area contributed by atoms with Gasteiger partial charge in [0, 0.05) is 38.7 Å². The van der Waals surface area contributed by atoms with E-state index in [9.17, 15) is 4.79 Å². The lowest BCUT2D eigenvalue weighted by Gasteiger charge is -2.40. The summed E-state index contributed by atoms with van der Waals surface area (Å²) in [5, 5.41) is 22.6. The molecule has 2 atom stereocenters. The van der Waals surface area contributed by atoms with Crippen LogP contribution in [0.1, 0.15) is 51.4 Å². The Hall–Kier alpha value is -0.730. The highest BCUT2D eigenvalue weighted by Gasteiger charge is 2.32. The number of amides is 1. The maximum Gasteiger partial charge on any atom is 0.223 e. The molecule has 2 unspecified atom stereocenters. The van der Waals surface area contributed by atoms with Crippen LogP contribution in [0.2, 0.25) is 0 Å².